The lowest BCUT2D eigenvalue weighted by Crippen LogP contribution is -2.36. The molecule has 2 amide bonds. The van der Waals surface area contributed by atoms with Gasteiger partial charge in [0.2, 0.25) is 0 Å². The summed E-state index contributed by atoms with van der Waals surface area (Å²) >= 11 is 0. The molecule has 0 spiro atoms. The summed E-state index contributed by atoms with van der Waals surface area (Å²) in [6, 6.07) is 11.6. The lowest BCUT2D eigenvalue weighted by Gasteiger charge is -2.07. The minimum atomic E-state index is -0.795. The van der Waals surface area contributed by atoms with E-state index in [0.717, 1.165) is 5.56 Å². The van der Waals surface area contributed by atoms with Crippen molar-refractivity contribution in [1.29, 1.82) is 0 Å². The zero-order valence-corrected chi connectivity index (χ0v) is 12.5. The number of hydrogen-bond acceptors (Lipinski definition) is 6. The molecule has 0 radical (unpaired) electrons. The van der Waals surface area contributed by atoms with E-state index < -0.39 is 11.8 Å². The van der Waals surface area contributed by atoms with Crippen molar-refractivity contribution in [1.82, 2.24) is 15.6 Å². The normalized spacial score (nSPS) is 10.5. The predicted octanol–water partition coefficient (Wildman–Crippen LogP) is 1.23. The second-order valence-corrected chi connectivity index (χ2v) is 5.06. The van der Waals surface area contributed by atoms with Crippen LogP contribution in [-0.4, -0.2) is 33.8 Å². The summed E-state index contributed by atoms with van der Waals surface area (Å²) in [5.74, 6) is -1.36. The third-order valence-corrected chi connectivity index (χ3v) is 3.38. The van der Waals surface area contributed by atoms with Crippen molar-refractivity contribution < 1.29 is 19.3 Å². The largest absolute Gasteiger partial charge is 0.508 e. The lowest BCUT2D eigenvalue weighted by molar-refractivity contribution is -0.136. The number of carbonyl (C=O) groups excluding carboxylic acids is 2. The van der Waals surface area contributed by atoms with Crippen molar-refractivity contribution in [2.75, 3.05) is 11.9 Å². The van der Waals surface area contributed by atoms with Gasteiger partial charge in [0.1, 0.15) is 11.3 Å². The summed E-state index contributed by atoms with van der Waals surface area (Å²) in [6.45, 7) is 0.298. The van der Waals surface area contributed by atoms with E-state index in [1.165, 1.54) is 0 Å². The van der Waals surface area contributed by atoms with Gasteiger partial charge in [-0.3, -0.25) is 9.59 Å². The number of phenolic OH excluding ortho intramolecular Hbond substituents is 1. The van der Waals surface area contributed by atoms with Crippen LogP contribution in [0.15, 0.2) is 47.1 Å². The zero-order chi connectivity index (χ0) is 16.9. The number of aromatic nitrogens is 2. The maximum absolute atomic E-state index is 11.9. The summed E-state index contributed by atoms with van der Waals surface area (Å²) in [7, 11) is 0. The van der Waals surface area contributed by atoms with Crippen LogP contribution in [0, 0.1) is 0 Å². The van der Waals surface area contributed by atoms with Gasteiger partial charge in [0, 0.05) is 6.54 Å². The Morgan fingerprint density at radius 2 is 1.83 bits per heavy atom. The smallest absolute Gasteiger partial charge is 0.313 e. The number of phenols is 1. The molecule has 3 N–H and O–H groups in total. The Labute approximate surface area is 136 Å². The molecule has 1 heterocycles. The van der Waals surface area contributed by atoms with Gasteiger partial charge < -0.3 is 15.7 Å². The minimum absolute atomic E-state index is 0.179. The van der Waals surface area contributed by atoms with Crippen molar-refractivity contribution in [2.24, 2.45) is 0 Å². The Morgan fingerprint density at radius 1 is 1.04 bits per heavy atom. The van der Waals surface area contributed by atoms with E-state index in [2.05, 4.69) is 25.6 Å². The molecule has 0 bridgehead atoms. The van der Waals surface area contributed by atoms with Crippen LogP contribution in [0.3, 0.4) is 0 Å². The molecule has 2 aromatic carbocycles. The molecule has 0 fully saturated rings. The Bertz CT molecular complexity index is 873. The van der Waals surface area contributed by atoms with Gasteiger partial charge in [-0.15, -0.1) is 0 Å². The average Bonchev–Trinajstić information content (AvgIpc) is 3.06. The van der Waals surface area contributed by atoms with Crippen LogP contribution < -0.4 is 10.6 Å². The number of anilines is 1. The Balaban J connectivity index is 1.54. The van der Waals surface area contributed by atoms with Gasteiger partial charge >= 0.3 is 11.8 Å². The molecule has 1 aromatic heterocycles. The maximum Gasteiger partial charge on any atom is 0.313 e. The summed E-state index contributed by atoms with van der Waals surface area (Å²) in [5, 5.41) is 21.6. The lowest BCUT2D eigenvalue weighted by atomic mass is 10.1. The first kappa shape index (κ1) is 15.5. The number of amides is 2. The molecule has 122 valence electrons. The molecule has 0 atom stereocenters. The first-order valence-corrected chi connectivity index (χ1v) is 7.22. The molecule has 24 heavy (non-hydrogen) atoms. The van der Waals surface area contributed by atoms with E-state index in [4.69, 9.17) is 0 Å². The van der Waals surface area contributed by atoms with Gasteiger partial charge in [-0.05, 0) is 46.6 Å². The molecule has 8 nitrogen and oxygen atoms in total. The number of carbonyl (C=O) groups is 2. The number of nitrogens with one attached hydrogen (secondary N) is 2. The highest BCUT2D eigenvalue weighted by Crippen LogP contribution is 2.19. The third-order valence-electron chi connectivity index (χ3n) is 3.38. The summed E-state index contributed by atoms with van der Waals surface area (Å²) in [5.41, 5.74) is 2.16. The van der Waals surface area contributed by atoms with Crippen LogP contribution in [0.5, 0.6) is 5.75 Å². The number of hydrogen-bond donors (Lipinski definition) is 3. The van der Waals surface area contributed by atoms with Crippen LogP contribution >= 0.6 is 0 Å². The molecule has 0 aliphatic carbocycles. The van der Waals surface area contributed by atoms with Gasteiger partial charge in [-0.1, -0.05) is 18.2 Å². The predicted molar refractivity (Wildman–Crippen MR) is 85.3 cm³/mol. The molecule has 0 saturated carbocycles. The number of fused-ring (bicyclic) bond motifs is 1. The first-order chi connectivity index (χ1) is 11.6. The van der Waals surface area contributed by atoms with E-state index in [-0.39, 0.29) is 5.75 Å². The zero-order valence-electron chi connectivity index (χ0n) is 12.5. The highest BCUT2D eigenvalue weighted by molar-refractivity contribution is 6.40. The molecule has 8 heteroatoms. The van der Waals surface area contributed by atoms with E-state index in [1.807, 2.05) is 0 Å². The molecule has 3 rings (SSSR count). The van der Waals surface area contributed by atoms with Gasteiger partial charge in [0.25, 0.3) is 0 Å². The quantitative estimate of drug-likeness (QED) is 0.621. The number of nitrogens with zero attached hydrogens (tertiary/aromatic N) is 2. The topological polar surface area (TPSA) is 117 Å². The minimum Gasteiger partial charge on any atom is -0.508 e. The summed E-state index contributed by atoms with van der Waals surface area (Å²) in [6.07, 6.45) is 0.544. The standard InChI is InChI=1S/C16H14N4O4/c21-11-6-4-10(5-7-11)8-9-17-15(22)16(23)18-12-2-1-3-13-14(12)20-24-19-13/h1-7,21H,8-9H2,(H,17,22)(H,18,23). The second-order valence-electron chi connectivity index (χ2n) is 5.06. The van der Waals surface area contributed by atoms with E-state index >= 15 is 0 Å². The highest BCUT2D eigenvalue weighted by atomic mass is 16.6. The van der Waals surface area contributed by atoms with Crippen molar-refractivity contribution in [2.45, 2.75) is 6.42 Å². The van der Waals surface area contributed by atoms with E-state index in [1.54, 1.807) is 42.5 Å². The maximum atomic E-state index is 11.9. The third kappa shape index (κ3) is 3.49. The number of aromatic hydroxyl groups is 1. The number of benzene rings is 2. The van der Waals surface area contributed by atoms with Crippen LogP contribution in [0.1, 0.15) is 5.56 Å². The molecule has 3 aromatic rings. The van der Waals surface area contributed by atoms with E-state index in [9.17, 15) is 14.7 Å². The van der Waals surface area contributed by atoms with Gasteiger partial charge in [0.05, 0.1) is 5.69 Å². The molecule has 0 aliphatic heterocycles. The fourth-order valence-electron chi connectivity index (χ4n) is 2.15. The van der Waals surface area contributed by atoms with E-state index in [0.29, 0.717) is 29.7 Å². The van der Waals surface area contributed by atoms with Crippen molar-refractivity contribution in [3.05, 3.63) is 48.0 Å². The van der Waals surface area contributed by atoms with Crippen LogP contribution in [0.4, 0.5) is 5.69 Å². The first-order valence-electron chi connectivity index (χ1n) is 7.22. The molecule has 0 unspecified atom stereocenters. The van der Waals surface area contributed by atoms with Gasteiger partial charge in [-0.25, -0.2) is 4.63 Å². The fourth-order valence-corrected chi connectivity index (χ4v) is 2.15. The monoisotopic (exact) mass is 326 g/mol. The Hall–Kier alpha value is -3.42. The molecule has 0 aliphatic rings. The SMILES string of the molecule is O=C(NCCc1ccc(O)cc1)C(=O)Nc1cccc2nonc12. The second kappa shape index (κ2) is 6.78. The van der Waals surface area contributed by atoms with Gasteiger partial charge in [0.15, 0.2) is 5.52 Å². The highest BCUT2D eigenvalue weighted by Gasteiger charge is 2.15. The summed E-state index contributed by atoms with van der Waals surface area (Å²) in [4.78, 5) is 23.8. The van der Waals surface area contributed by atoms with Crippen LogP contribution in [0.25, 0.3) is 11.0 Å². The Kier molecular flexibility index (Phi) is 4.37. The summed E-state index contributed by atoms with van der Waals surface area (Å²) < 4.78 is 4.60. The molecular weight excluding hydrogens is 312 g/mol. The van der Waals surface area contributed by atoms with Crippen molar-refractivity contribution in [3.8, 4) is 5.75 Å². The number of rotatable bonds is 4. The van der Waals surface area contributed by atoms with Crippen molar-refractivity contribution in [3.63, 3.8) is 0 Å². The van der Waals surface area contributed by atoms with Crippen LogP contribution in [-0.2, 0) is 16.0 Å². The fraction of sp³-hybridized carbons (Fsp3) is 0.125. The Morgan fingerprint density at radius 3 is 2.62 bits per heavy atom. The molecular formula is C16H14N4O4. The average molecular weight is 326 g/mol. The van der Waals surface area contributed by atoms with Crippen LogP contribution in [0.2, 0.25) is 0 Å². The molecule has 0 saturated heterocycles. The van der Waals surface area contributed by atoms with Gasteiger partial charge in [-0.2, -0.15) is 0 Å². The van der Waals surface area contributed by atoms with Crippen molar-refractivity contribution >= 4 is 28.5 Å².